The van der Waals surface area contributed by atoms with Crippen molar-refractivity contribution in [1.82, 2.24) is 5.32 Å². The van der Waals surface area contributed by atoms with Crippen molar-refractivity contribution in [3.8, 4) is 0 Å². The molecule has 4 heteroatoms. The lowest BCUT2D eigenvalue weighted by atomic mass is 9.94. The normalized spacial score (nSPS) is 15.6. The molecule has 0 radical (unpaired) electrons. The van der Waals surface area contributed by atoms with Gasteiger partial charge in [-0.2, -0.15) is 0 Å². The Morgan fingerprint density at radius 3 is 2.58 bits per heavy atom. The number of aliphatic hydroxyl groups is 1. The average Bonchev–Trinajstić information content (AvgIpc) is 2.46. The molecular formula is C15H24N2O2. The molecule has 0 aliphatic rings. The van der Waals surface area contributed by atoms with Gasteiger partial charge in [0, 0.05) is 12.6 Å². The zero-order chi connectivity index (χ0) is 14.3. The van der Waals surface area contributed by atoms with Gasteiger partial charge in [-0.25, -0.2) is 0 Å². The largest absolute Gasteiger partial charge is 0.393 e. The van der Waals surface area contributed by atoms with Crippen LogP contribution in [0.3, 0.4) is 0 Å². The number of rotatable bonds is 7. The van der Waals surface area contributed by atoms with Gasteiger partial charge < -0.3 is 16.2 Å². The molecule has 0 spiro atoms. The van der Waals surface area contributed by atoms with Crippen molar-refractivity contribution < 1.29 is 9.90 Å². The summed E-state index contributed by atoms with van der Waals surface area (Å²) < 4.78 is 0. The SMILES string of the molecule is CCC(O)CCNC(=O)C(C)C(N)c1ccccc1. The van der Waals surface area contributed by atoms with Gasteiger partial charge in [-0.05, 0) is 18.4 Å². The minimum atomic E-state index is -0.349. The Labute approximate surface area is 115 Å². The predicted octanol–water partition coefficient (Wildman–Crippen LogP) is 1.60. The maximum absolute atomic E-state index is 12.0. The number of benzene rings is 1. The minimum absolute atomic E-state index is 0.0698. The number of aliphatic hydroxyl groups excluding tert-OH is 1. The van der Waals surface area contributed by atoms with Gasteiger partial charge >= 0.3 is 0 Å². The number of amides is 1. The molecule has 1 rings (SSSR count). The Balaban J connectivity index is 2.44. The molecule has 1 amide bonds. The molecule has 0 fully saturated rings. The molecular weight excluding hydrogens is 240 g/mol. The van der Waals surface area contributed by atoms with Crippen LogP contribution in [0.1, 0.15) is 38.3 Å². The van der Waals surface area contributed by atoms with Crippen LogP contribution in [-0.2, 0) is 4.79 Å². The van der Waals surface area contributed by atoms with E-state index >= 15 is 0 Å². The molecule has 1 aromatic rings. The molecule has 0 aliphatic carbocycles. The van der Waals surface area contributed by atoms with Crippen molar-refractivity contribution in [3.05, 3.63) is 35.9 Å². The maximum atomic E-state index is 12.0. The van der Waals surface area contributed by atoms with Gasteiger partial charge in [0.2, 0.25) is 5.91 Å². The highest BCUT2D eigenvalue weighted by Crippen LogP contribution is 2.18. The number of nitrogens with one attached hydrogen (secondary N) is 1. The third-order valence-electron chi connectivity index (χ3n) is 3.38. The van der Waals surface area contributed by atoms with Crippen LogP contribution in [0.25, 0.3) is 0 Å². The molecule has 106 valence electrons. The summed E-state index contributed by atoms with van der Waals surface area (Å²) in [5, 5.41) is 12.2. The summed E-state index contributed by atoms with van der Waals surface area (Å²) in [4.78, 5) is 12.0. The molecule has 0 aromatic heterocycles. The average molecular weight is 264 g/mol. The van der Waals surface area contributed by atoms with Crippen LogP contribution in [0, 0.1) is 5.92 Å². The summed E-state index contributed by atoms with van der Waals surface area (Å²) in [6, 6.07) is 9.30. The number of carbonyl (C=O) groups is 1. The fourth-order valence-electron chi connectivity index (χ4n) is 1.85. The standard InChI is InChI=1S/C15H24N2O2/c1-3-13(18)9-10-17-15(19)11(2)14(16)12-7-5-4-6-8-12/h4-8,11,13-14,18H,3,9-10,16H2,1-2H3,(H,17,19). The summed E-state index contributed by atoms with van der Waals surface area (Å²) in [7, 11) is 0. The van der Waals surface area contributed by atoms with E-state index in [0.717, 1.165) is 5.56 Å². The lowest BCUT2D eigenvalue weighted by Crippen LogP contribution is -2.36. The summed E-state index contributed by atoms with van der Waals surface area (Å²) in [6.45, 7) is 4.23. The molecule has 3 atom stereocenters. The maximum Gasteiger partial charge on any atom is 0.224 e. The van der Waals surface area contributed by atoms with E-state index in [9.17, 15) is 9.90 Å². The molecule has 0 saturated heterocycles. The molecule has 19 heavy (non-hydrogen) atoms. The number of nitrogens with two attached hydrogens (primary N) is 1. The monoisotopic (exact) mass is 264 g/mol. The second kappa shape index (κ2) is 7.92. The summed E-state index contributed by atoms with van der Waals surface area (Å²) in [6.07, 6.45) is 0.934. The van der Waals surface area contributed by atoms with Gasteiger partial charge in [0.1, 0.15) is 0 Å². The van der Waals surface area contributed by atoms with E-state index in [1.54, 1.807) is 0 Å². The van der Waals surface area contributed by atoms with Crippen molar-refractivity contribution in [3.63, 3.8) is 0 Å². The van der Waals surface area contributed by atoms with E-state index in [0.29, 0.717) is 19.4 Å². The van der Waals surface area contributed by atoms with E-state index in [1.165, 1.54) is 0 Å². The second-order valence-corrected chi connectivity index (χ2v) is 4.87. The van der Waals surface area contributed by atoms with Crippen molar-refractivity contribution in [2.24, 2.45) is 11.7 Å². The first-order valence-corrected chi connectivity index (χ1v) is 6.82. The molecule has 0 bridgehead atoms. The summed E-state index contributed by atoms with van der Waals surface area (Å²) >= 11 is 0. The zero-order valence-corrected chi connectivity index (χ0v) is 11.7. The van der Waals surface area contributed by atoms with E-state index in [1.807, 2.05) is 44.2 Å². The van der Waals surface area contributed by atoms with Crippen LogP contribution in [0.4, 0.5) is 0 Å². The highest BCUT2D eigenvalue weighted by Gasteiger charge is 2.21. The highest BCUT2D eigenvalue weighted by atomic mass is 16.3. The molecule has 3 unspecified atom stereocenters. The molecule has 1 aromatic carbocycles. The lowest BCUT2D eigenvalue weighted by molar-refractivity contribution is -0.125. The van der Waals surface area contributed by atoms with Crippen LogP contribution in [0.5, 0.6) is 0 Å². The third kappa shape index (κ3) is 5.01. The van der Waals surface area contributed by atoms with Crippen LogP contribution in [0.2, 0.25) is 0 Å². The number of carbonyl (C=O) groups excluding carboxylic acids is 1. The van der Waals surface area contributed by atoms with Crippen molar-refractivity contribution >= 4 is 5.91 Å². The van der Waals surface area contributed by atoms with Gasteiger partial charge in [-0.3, -0.25) is 4.79 Å². The fraction of sp³-hybridized carbons (Fsp3) is 0.533. The minimum Gasteiger partial charge on any atom is -0.393 e. The second-order valence-electron chi connectivity index (χ2n) is 4.87. The first kappa shape index (κ1) is 15.7. The molecule has 0 heterocycles. The van der Waals surface area contributed by atoms with Crippen LogP contribution < -0.4 is 11.1 Å². The third-order valence-corrected chi connectivity index (χ3v) is 3.38. The molecule has 0 saturated carbocycles. The molecule has 4 N–H and O–H groups in total. The highest BCUT2D eigenvalue weighted by molar-refractivity contribution is 5.79. The van der Waals surface area contributed by atoms with Crippen LogP contribution in [-0.4, -0.2) is 23.7 Å². The van der Waals surface area contributed by atoms with Gasteiger partial charge in [0.05, 0.1) is 12.0 Å². The van der Waals surface area contributed by atoms with Crippen LogP contribution >= 0.6 is 0 Å². The topological polar surface area (TPSA) is 75.3 Å². The molecule has 4 nitrogen and oxygen atoms in total. The van der Waals surface area contributed by atoms with Crippen molar-refractivity contribution in [2.75, 3.05) is 6.54 Å². The Hall–Kier alpha value is -1.39. The van der Waals surface area contributed by atoms with E-state index in [2.05, 4.69) is 5.32 Å². The zero-order valence-electron chi connectivity index (χ0n) is 11.7. The first-order chi connectivity index (χ1) is 9.06. The Bertz CT molecular complexity index is 381. The Kier molecular flexibility index (Phi) is 6.53. The lowest BCUT2D eigenvalue weighted by Gasteiger charge is -2.20. The van der Waals surface area contributed by atoms with E-state index in [4.69, 9.17) is 5.73 Å². The van der Waals surface area contributed by atoms with Gasteiger partial charge in [0.25, 0.3) is 0 Å². The van der Waals surface area contributed by atoms with Gasteiger partial charge in [-0.15, -0.1) is 0 Å². The van der Waals surface area contributed by atoms with E-state index in [-0.39, 0.29) is 24.0 Å². The smallest absolute Gasteiger partial charge is 0.224 e. The quantitative estimate of drug-likeness (QED) is 0.700. The summed E-state index contributed by atoms with van der Waals surface area (Å²) in [5.74, 6) is -0.360. The van der Waals surface area contributed by atoms with Gasteiger partial charge in [-0.1, -0.05) is 44.2 Å². The van der Waals surface area contributed by atoms with Gasteiger partial charge in [0.15, 0.2) is 0 Å². The van der Waals surface area contributed by atoms with Crippen molar-refractivity contribution in [2.45, 2.75) is 38.8 Å². The fourth-order valence-corrected chi connectivity index (χ4v) is 1.85. The Morgan fingerprint density at radius 2 is 2.00 bits per heavy atom. The molecule has 0 aliphatic heterocycles. The predicted molar refractivity (Wildman–Crippen MR) is 76.5 cm³/mol. The Morgan fingerprint density at radius 1 is 1.37 bits per heavy atom. The first-order valence-electron chi connectivity index (χ1n) is 6.82. The number of hydrogen-bond donors (Lipinski definition) is 3. The van der Waals surface area contributed by atoms with E-state index < -0.39 is 0 Å². The van der Waals surface area contributed by atoms with Crippen LogP contribution in [0.15, 0.2) is 30.3 Å². The number of hydrogen-bond acceptors (Lipinski definition) is 3. The van der Waals surface area contributed by atoms with Crippen molar-refractivity contribution in [1.29, 1.82) is 0 Å². The summed E-state index contributed by atoms with van der Waals surface area (Å²) in [5.41, 5.74) is 7.04.